The SMILES string of the molecule is CC(C)[C@H]1OCC[C@@H]1CNCc1ccc2cn[nH]c2c1. The van der Waals surface area contributed by atoms with Crippen LogP contribution in [0.25, 0.3) is 10.9 Å². The van der Waals surface area contributed by atoms with Gasteiger partial charge in [-0.25, -0.2) is 0 Å². The lowest BCUT2D eigenvalue weighted by atomic mass is 9.93. The van der Waals surface area contributed by atoms with Crippen molar-refractivity contribution < 1.29 is 4.74 Å². The number of aromatic nitrogens is 2. The predicted molar refractivity (Wildman–Crippen MR) is 80.5 cm³/mol. The first-order chi connectivity index (χ1) is 9.74. The zero-order valence-corrected chi connectivity index (χ0v) is 12.2. The quantitative estimate of drug-likeness (QED) is 0.880. The van der Waals surface area contributed by atoms with Gasteiger partial charge in [-0.05, 0) is 29.9 Å². The molecule has 2 heterocycles. The van der Waals surface area contributed by atoms with Crippen molar-refractivity contribution in [3.8, 4) is 0 Å². The number of aromatic amines is 1. The lowest BCUT2D eigenvalue weighted by Crippen LogP contribution is -2.31. The summed E-state index contributed by atoms with van der Waals surface area (Å²) < 4.78 is 5.82. The summed E-state index contributed by atoms with van der Waals surface area (Å²) in [4.78, 5) is 0. The molecule has 1 aromatic carbocycles. The third-order valence-electron chi connectivity index (χ3n) is 4.16. The summed E-state index contributed by atoms with van der Waals surface area (Å²) in [6, 6.07) is 6.45. The first-order valence-electron chi connectivity index (χ1n) is 7.48. The van der Waals surface area contributed by atoms with E-state index in [2.05, 4.69) is 47.6 Å². The average Bonchev–Trinajstić information content (AvgIpc) is 3.06. The van der Waals surface area contributed by atoms with Crippen molar-refractivity contribution in [1.82, 2.24) is 15.5 Å². The Morgan fingerprint density at radius 1 is 1.45 bits per heavy atom. The summed E-state index contributed by atoms with van der Waals surface area (Å²) in [6.45, 7) is 7.33. The first-order valence-corrected chi connectivity index (χ1v) is 7.48. The highest BCUT2D eigenvalue weighted by Crippen LogP contribution is 2.26. The number of benzene rings is 1. The van der Waals surface area contributed by atoms with Crippen LogP contribution in [0, 0.1) is 11.8 Å². The predicted octanol–water partition coefficient (Wildman–Crippen LogP) is 2.71. The van der Waals surface area contributed by atoms with E-state index in [-0.39, 0.29) is 0 Å². The van der Waals surface area contributed by atoms with E-state index in [0.29, 0.717) is 17.9 Å². The highest BCUT2D eigenvalue weighted by molar-refractivity contribution is 5.78. The molecule has 1 aliphatic heterocycles. The van der Waals surface area contributed by atoms with E-state index in [4.69, 9.17) is 4.74 Å². The maximum Gasteiger partial charge on any atom is 0.0653 e. The van der Waals surface area contributed by atoms with Gasteiger partial charge in [0.25, 0.3) is 0 Å². The lowest BCUT2D eigenvalue weighted by Gasteiger charge is -2.22. The molecule has 1 aliphatic rings. The minimum absolute atomic E-state index is 0.414. The monoisotopic (exact) mass is 273 g/mol. The molecule has 2 atom stereocenters. The number of H-pyrrole nitrogens is 1. The molecule has 0 spiro atoms. The fourth-order valence-corrected chi connectivity index (χ4v) is 3.11. The number of nitrogens with zero attached hydrogens (tertiary/aromatic N) is 1. The number of rotatable bonds is 5. The Labute approximate surface area is 119 Å². The molecule has 0 aliphatic carbocycles. The number of fused-ring (bicyclic) bond motifs is 1. The average molecular weight is 273 g/mol. The van der Waals surface area contributed by atoms with Gasteiger partial charge >= 0.3 is 0 Å². The third-order valence-corrected chi connectivity index (χ3v) is 4.16. The van der Waals surface area contributed by atoms with Gasteiger partial charge in [0.05, 0.1) is 17.8 Å². The summed E-state index contributed by atoms with van der Waals surface area (Å²) in [5.41, 5.74) is 2.40. The summed E-state index contributed by atoms with van der Waals surface area (Å²) in [7, 11) is 0. The van der Waals surface area contributed by atoms with Crippen LogP contribution in [0.4, 0.5) is 0 Å². The van der Waals surface area contributed by atoms with Gasteiger partial charge in [-0.15, -0.1) is 0 Å². The van der Waals surface area contributed by atoms with Crippen molar-refractivity contribution in [2.45, 2.75) is 32.9 Å². The van der Waals surface area contributed by atoms with Gasteiger partial charge in [-0.2, -0.15) is 5.10 Å². The van der Waals surface area contributed by atoms with Gasteiger partial charge in [0.2, 0.25) is 0 Å². The van der Waals surface area contributed by atoms with Crippen molar-refractivity contribution in [2.75, 3.05) is 13.2 Å². The number of nitrogens with one attached hydrogen (secondary N) is 2. The molecule has 1 aromatic heterocycles. The highest BCUT2D eigenvalue weighted by atomic mass is 16.5. The van der Waals surface area contributed by atoms with Crippen LogP contribution in [0.1, 0.15) is 25.8 Å². The Morgan fingerprint density at radius 3 is 3.20 bits per heavy atom. The molecule has 2 aromatic rings. The third kappa shape index (κ3) is 2.86. The van der Waals surface area contributed by atoms with Gasteiger partial charge < -0.3 is 10.1 Å². The van der Waals surface area contributed by atoms with Gasteiger partial charge in [-0.1, -0.05) is 26.0 Å². The van der Waals surface area contributed by atoms with Crippen LogP contribution < -0.4 is 5.32 Å². The van der Waals surface area contributed by atoms with Crippen molar-refractivity contribution in [2.24, 2.45) is 11.8 Å². The maximum atomic E-state index is 5.82. The zero-order chi connectivity index (χ0) is 13.9. The molecular formula is C16H23N3O. The Bertz CT molecular complexity index is 564. The molecule has 3 rings (SSSR count). The summed E-state index contributed by atoms with van der Waals surface area (Å²) >= 11 is 0. The second-order valence-electron chi connectivity index (χ2n) is 6.05. The van der Waals surface area contributed by atoms with Crippen LogP contribution in [0.5, 0.6) is 0 Å². The molecule has 0 amide bonds. The molecule has 0 saturated carbocycles. The lowest BCUT2D eigenvalue weighted by molar-refractivity contribution is 0.0539. The van der Waals surface area contributed by atoms with Crippen LogP contribution in [-0.4, -0.2) is 29.5 Å². The van der Waals surface area contributed by atoms with Crippen molar-refractivity contribution in [3.05, 3.63) is 30.0 Å². The molecule has 1 fully saturated rings. The van der Waals surface area contributed by atoms with Crippen molar-refractivity contribution >= 4 is 10.9 Å². The standard InChI is InChI=1S/C16H23N3O/c1-11(2)16-14(5-6-20-16)9-17-8-12-3-4-13-10-18-19-15(13)7-12/h3-4,7,10-11,14,16-17H,5-6,8-9H2,1-2H3,(H,18,19)/t14-,16-/m1/s1. The summed E-state index contributed by atoms with van der Waals surface area (Å²) in [5, 5.41) is 11.8. The van der Waals surface area contributed by atoms with Crippen molar-refractivity contribution in [3.63, 3.8) is 0 Å². The van der Waals surface area contributed by atoms with E-state index in [9.17, 15) is 0 Å². The molecule has 108 valence electrons. The van der Waals surface area contributed by atoms with Crippen LogP contribution in [-0.2, 0) is 11.3 Å². The molecule has 4 nitrogen and oxygen atoms in total. The number of hydrogen-bond acceptors (Lipinski definition) is 3. The first kappa shape index (κ1) is 13.6. The molecular weight excluding hydrogens is 250 g/mol. The van der Waals surface area contributed by atoms with Crippen LogP contribution in [0.2, 0.25) is 0 Å². The molecule has 20 heavy (non-hydrogen) atoms. The molecule has 2 N–H and O–H groups in total. The van der Waals surface area contributed by atoms with Crippen LogP contribution >= 0.6 is 0 Å². The smallest absolute Gasteiger partial charge is 0.0653 e. The Kier molecular flexibility index (Phi) is 4.03. The van der Waals surface area contributed by atoms with E-state index in [1.807, 2.05) is 6.20 Å². The van der Waals surface area contributed by atoms with E-state index >= 15 is 0 Å². The largest absolute Gasteiger partial charge is 0.378 e. The summed E-state index contributed by atoms with van der Waals surface area (Å²) in [6.07, 6.45) is 3.45. The molecule has 0 bridgehead atoms. The topological polar surface area (TPSA) is 49.9 Å². The minimum Gasteiger partial charge on any atom is -0.378 e. The van der Waals surface area contributed by atoms with Crippen molar-refractivity contribution in [1.29, 1.82) is 0 Å². The zero-order valence-electron chi connectivity index (χ0n) is 12.2. The van der Waals surface area contributed by atoms with Gasteiger partial charge in [0.1, 0.15) is 0 Å². The minimum atomic E-state index is 0.414. The van der Waals surface area contributed by atoms with Crippen LogP contribution in [0.3, 0.4) is 0 Å². The van der Waals surface area contributed by atoms with E-state index in [1.165, 1.54) is 12.0 Å². The van der Waals surface area contributed by atoms with E-state index in [1.54, 1.807) is 0 Å². The van der Waals surface area contributed by atoms with Crippen LogP contribution in [0.15, 0.2) is 24.4 Å². The van der Waals surface area contributed by atoms with E-state index in [0.717, 1.165) is 30.6 Å². The van der Waals surface area contributed by atoms with Gasteiger partial charge in [0, 0.05) is 25.1 Å². The molecule has 1 saturated heterocycles. The van der Waals surface area contributed by atoms with Gasteiger partial charge in [-0.3, -0.25) is 5.10 Å². The fraction of sp³-hybridized carbons (Fsp3) is 0.562. The highest BCUT2D eigenvalue weighted by Gasteiger charge is 2.29. The van der Waals surface area contributed by atoms with Gasteiger partial charge in [0.15, 0.2) is 0 Å². The fourth-order valence-electron chi connectivity index (χ4n) is 3.11. The maximum absolute atomic E-state index is 5.82. The second-order valence-corrected chi connectivity index (χ2v) is 6.05. The molecule has 0 radical (unpaired) electrons. The summed E-state index contributed by atoms with van der Waals surface area (Å²) in [5.74, 6) is 1.25. The molecule has 4 heteroatoms. The Morgan fingerprint density at radius 2 is 2.35 bits per heavy atom. The number of ether oxygens (including phenoxy) is 1. The normalized spacial score (nSPS) is 22.9. The number of hydrogen-bond donors (Lipinski definition) is 2. The second kappa shape index (κ2) is 5.94. The Hall–Kier alpha value is -1.39. The Balaban J connectivity index is 1.54. The molecule has 0 unspecified atom stereocenters. The van der Waals surface area contributed by atoms with E-state index < -0.39 is 0 Å².